The average Bonchev–Trinajstić information content (AvgIpc) is 3.03. The first-order valence-electron chi connectivity index (χ1n) is 11.1. The summed E-state index contributed by atoms with van der Waals surface area (Å²) in [4.78, 5) is 13.1. The minimum atomic E-state index is -1.17. The van der Waals surface area contributed by atoms with Crippen LogP contribution in [0.25, 0.3) is 0 Å². The average molecular weight is 431 g/mol. The number of carbonyl (C=O) groups excluding carboxylic acids is 1. The molecule has 3 aromatic rings. The first kappa shape index (κ1) is 21.9. The number of benzene rings is 3. The van der Waals surface area contributed by atoms with Gasteiger partial charge in [-0.25, -0.2) is 4.79 Å². The Morgan fingerprint density at radius 2 is 1.41 bits per heavy atom. The van der Waals surface area contributed by atoms with E-state index in [1.54, 1.807) is 18.2 Å². The lowest BCUT2D eigenvalue weighted by Gasteiger charge is -2.35. The standard InChI is InChI=1S/C28H30O4/c1-15(2)20-14-25(29)18(6)11-24(20)28(22-10-8-7-9-19(22)27(31)32-28)23-13-21(16(3)4)26(30)12-17(23)5/h7-16,29-30H,1-6H3/t28-/m1/s1. The van der Waals surface area contributed by atoms with Crippen molar-refractivity contribution in [1.29, 1.82) is 0 Å². The maximum absolute atomic E-state index is 13.1. The molecule has 0 amide bonds. The number of carbonyl (C=O) groups is 1. The fourth-order valence-corrected chi connectivity index (χ4v) is 4.81. The number of phenolic OH excluding ortho intramolecular Hbond substituents is 2. The zero-order valence-electron chi connectivity index (χ0n) is 19.5. The molecule has 0 fully saturated rings. The van der Waals surface area contributed by atoms with E-state index < -0.39 is 5.60 Å². The normalized spacial score (nSPS) is 17.7. The van der Waals surface area contributed by atoms with Crippen molar-refractivity contribution < 1.29 is 19.7 Å². The molecule has 2 N–H and O–H groups in total. The second-order valence-corrected chi connectivity index (χ2v) is 9.38. The van der Waals surface area contributed by atoms with E-state index in [0.717, 1.165) is 33.4 Å². The molecule has 0 bridgehead atoms. The zero-order valence-corrected chi connectivity index (χ0v) is 19.5. The SMILES string of the molecule is Cc1cc([C@@]2(c3cc(C(C)C)c(O)cc3C)OC(=O)c3ccccc32)c(C(C)C)cc1O. The number of phenols is 2. The molecule has 4 nitrogen and oxygen atoms in total. The van der Waals surface area contributed by atoms with E-state index in [-0.39, 0.29) is 29.3 Å². The maximum Gasteiger partial charge on any atom is 0.340 e. The van der Waals surface area contributed by atoms with Gasteiger partial charge >= 0.3 is 5.97 Å². The van der Waals surface area contributed by atoms with Gasteiger partial charge in [0.05, 0.1) is 5.56 Å². The Labute approximate surface area is 189 Å². The molecule has 0 spiro atoms. The maximum atomic E-state index is 13.1. The molecular formula is C28H30O4. The van der Waals surface area contributed by atoms with Gasteiger partial charge in [0.25, 0.3) is 0 Å². The van der Waals surface area contributed by atoms with Crippen molar-refractivity contribution >= 4 is 5.97 Å². The molecule has 1 atom stereocenters. The Balaban J connectivity index is 2.18. The molecule has 4 heteroatoms. The van der Waals surface area contributed by atoms with Crippen LogP contribution in [0.4, 0.5) is 0 Å². The summed E-state index contributed by atoms with van der Waals surface area (Å²) in [6, 6.07) is 14.9. The number of hydrogen-bond acceptors (Lipinski definition) is 4. The van der Waals surface area contributed by atoms with Crippen molar-refractivity contribution in [3.05, 3.63) is 93.0 Å². The lowest BCUT2D eigenvalue weighted by atomic mass is 9.73. The van der Waals surface area contributed by atoms with Crippen molar-refractivity contribution in [3.8, 4) is 11.5 Å². The summed E-state index contributed by atoms with van der Waals surface area (Å²) in [6.07, 6.45) is 0. The summed E-state index contributed by atoms with van der Waals surface area (Å²) >= 11 is 0. The fraction of sp³-hybridized carbons (Fsp3) is 0.321. The van der Waals surface area contributed by atoms with E-state index in [1.807, 2.05) is 58.0 Å². The molecule has 1 heterocycles. The van der Waals surface area contributed by atoms with Gasteiger partial charge in [0.2, 0.25) is 0 Å². The summed E-state index contributed by atoms with van der Waals surface area (Å²) < 4.78 is 6.33. The third-order valence-corrected chi connectivity index (χ3v) is 6.52. The highest BCUT2D eigenvalue weighted by Gasteiger charge is 2.50. The molecule has 0 saturated carbocycles. The number of ether oxygens (including phenoxy) is 1. The number of fused-ring (bicyclic) bond motifs is 1. The van der Waals surface area contributed by atoms with E-state index in [2.05, 4.69) is 13.8 Å². The summed E-state index contributed by atoms with van der Waals surface area (Å²) in [5, 5.41) is 21.1. The van der Waals surface area contributed by atoms with Gasteiger partial charge in [-0.3, -0.25) is 0 Å². The molecule has 166 valence electrons. The van der Waals surface area contributed by atoms with Gasteiger partial charge in [0.15, 0.2) is 5.60 Å². The number of aromatic hydroxyl groups is 2. The summed E-state index contributed by atoms with van der Waals surface area (Å²) in [5.41, 5.74) is 5.05. The van der Waals surface area contributed by atoms with Crippen LogP contribution in [0.1, 0.15) is 88.8 Å². The summed E-state index contributed by atoms with van der Waals surface area (Å²) in [6.45, 7) is 12.0. The van der Waals surface area contributed by atoms with Gasteiger partial charge in [-0.05, 0) is 78.3 Å². The van der Waals surface area contributed by atoms with Crippen molar-refractivity contribution in [3.63, 3.8) is 0 Å². The minimum Gasteiger partial charge on any atom is -0.508 e. The predicted molar refractivity (Wildman–Crippen MR) is 126 cm³/mol. The minimum absolute atomic E-state index is 0.0850. The lowest BCUT2D eigenvalue weighted by Crippen LogP contribution is -2.32. The van der Waals surface area contributed by atoms with Crippen LogP contribution in [0, 0.1) is 13.8 Å². The molecule has 32 heavy (non-hydrogen) atoms. The first-order chi connectivity index (χ1) is 15.1. The molecule has 4 rings (SSSR count). The summed E-state index contributed by atoms with van der Waals surface area (Å²) in [7, 11) is 0. The number of hydrogen-bond donors (Lipinski definition) is 2. The summed E-state index contributed by atoms with van der Waals surface area (Å²) in [5.74, 6) is 0.252. The molecule has 0 aromatic heterocycles. The third kappa shape index (κ3) is 3.17. The molecule has 0 unspecified atom stereocenters. The van der Waals surface area contributed by atoms with E-state index in [4.69, 9.17) is 4.74 Å². The lowest BCUT2D eigenvalue weighted by molar-refractivity contribution is 0.0246. The Bertz CT molecular complexity index is 1220. The van der Waals surface area contributed by atoms with Crippen molar-refractivity contribution in [1.82, 2.24) is 0 Å². The van der Waals surface area contributed by atoms with Crippen LogP contribution in [-0.2, 0) is 10.3 Å². The van der Waals surface area contributed by atoms with Gasteiger partial charge in [0, 0.05) is 16.7 Å². The second-order valence-electron chi connectivity index (χ2n) is 9.38. The Kier molecular flexibility index (Phi) is 5.28. The fourth-order valence-electron chi connectivity index (χ4n) is 4.81. The molecule has 1 aliphatic rings. The Morgan fingerprint density at radius 1 is 0.750 bits per heavy atom. The van der Waals surface area contributed by atoms with Crippen LogP contribution in [0.2, 0.25) is 0 Å². The second kappa shape index (κ2) is 7.70. The zero-order chi connectivity index (χ0) is 23.4. The highest BCUT2D eigenvalue weighted by atomic mass is 16.6. The molecule has 0 saturated heterocycles. The largest absolute Gasteiger partial charge is 0.508 e. The van der Waals surface area contributed by atoms with Crippen molar-refractivity contribution in [2.45, 2.75) is 59.0 Å². The molecule has 1 aliphatic heterocycles. The molecule has 0 radical (unpaired) electrons. The quantitative estimate of drug-likeness (QED) is 0.469. The van der Waals surface area contributed by atoms with Crippen molar-refractivity contribution in [2.75, 3.05) is 0 Å². The molecule has 0 aliphatic carbocycles. The van der Waals surface area contributed by atoms with Gasteiger partial charge < -0.3 is 14.9 Å². The van der Waals surface area contributed by atoms with E-state index in [1.165, 1.54) is 0 Å². The molecular weight excluding hydrogens is 400 g/mol. The van der Waals surface area contributed by atoms with Crippen LogP contribution >= 0.6 is 0 Å². The van der Waals surface area contributed by atoms with Crippen LogP contribution in [0.3, 0.4) is 0 Å². The number of cyclic esters (lactones) is 1. The molecule has 3 aromatic carbocycles. The van der Waals surface area contributed by atoms with Crippen LogP contribution in [0.15, 0.2) is 48.5 Å². The van der Waals surface area contributed by atoms with E-state index >= 15 is 0 Å². The predicted octanol–water partition coefficient (Wildman–Crippen LogP) is 6.42. The number of rotatable bonds is 4. The van der Waals surface area contributed by atoms with Gasteiger partial charge in [0.1, 0.15) is 11.5 Å². The smallest absolute Gasteiger partial charge is 0.340 e. The van der Waals surface area contributed by atoms with E-state index in [0.29, 0.717) is 11.1 Å². The topological polar surface area (TPSA) is 66.8 Å². The monoisotopic (exact) mass is 430 g/mol. The third-order valence-electron chi connectivity index (χ3n) is 6.52. The van der Waals surface area contributed by atoms with Gasteiger partial charge in [-0.1, -0.05) is 45.9 Å². The number of aryl methyl sites for hydroxylation is 2. The van der Waals surface area contributed by atoms with Crippen LogP contribution in [-0.4, -0.2) is 16.2 Å². The Morgan fingerprint density at radius 3 is 2.06 bits per heavy atom. The van der Waals surface area contributed by atoms with E-state index in [9.17, 15) is 15.0 Å². The van der Waals surface area contributed by atoms with Crippen LogP contribution < -0.4 is 0 Å². The highest BCUT2D eigenvalue weighted by Crippen LogP contribution is 2.51. The van der Waals surface area contributed by atoms with Gasteiger partial charge in [-0.2, -0.15) is 0 Å². The van der Waals surface area contributed by atoms with Crippen molar-refractivity contribution in [2.24, 2.45) is 0 Å². The number of esters is 1. The Hall–Kier alpha value is -3.27. The highest BCUT2D eigenvalue weighted by molar-refractivity contribution is 5.96. The van der Waals surface area contributed by atoms with Crippen LogP contribution in [0.5, 0.6) is 11.5 Å². The van der Waals surface area contributed by atoms with Gasteiger partial charge in [-0.15, -0.1) is 0 Å². The first-order valence-corrected chi connectivity index (χ1v) is 11.1.